The Balaban J connectivity index is 2.03. The van der Waals surface area contributed by atoms with Gasteiger partial charge in [0.2, 0.25) is 0 Å². The van der Waals surface area contributed by atoms with E-state index in [0.717, 1.165) is 35.0 Å². The first-order valence-electron chi connectivity index (χ1n) is 7.22. The van der Waals surface area contributed by atoms with Crippen LogP contribution < -0.4 is 16.0 Å². The van der Waals surface area contributed by atoms with E-state index in [-0.39, 0.29) is 0 Å². The fourth-order valence-corrected chi connectivity index (χ4v) is 2.28. The minimum atomic E-state index is 0.345. The summed E-state index contributed by atoms with van der Waals surface area (Å²) >= 11 is 0. The second-order valence-corrected chi connectivity index (χ2v) is 5.22. The fourth-order valence-electron chi connectivity index (χ4n) is 2.28. The summed E-state index contributed by atoms with van der Waals surface area (Å²) in [5, 5.41) is 10.1. The van der Waals surface area contributed by atoms with Crippen molar-refractivity contribution in [1.29, 1.82) is 0 Å². The number of rotatable bonds is 3. The van der Waals surface area contributed by atoms with Crippen molar-refractivity contribution in [1.82, 2.24) is 5.32 Å². The minimum absolute atomic E-state index is 0.345. The topological polar surface area (TPSA) is 48.5 Å². The summed E-state index contributed by atoms with van der Waals surface area (Å²) in [4.78, 5) is 4.76. The molecule has 1 aliphatic rings. The van der Waals surface area contributed by atoms with E-state index in [1.54, 1.807) is 0 Å². The smallest absolute Gasteiger partial charge is 0.134 e. The first-order chi connectivity index (χ1) is 10.3. The summed E-state index contributed by atoms with van der Waals surface area (Å²) in [6.45, 7) is 2.86. The van der Waals surface area contributed by atoms with Gasteiger partial charge in [0.1, 0.15) is 5.84 Å². The van der Waals surface area contributed by atoms with E-state index in [0.29, 0.717) is 6.04 Å². The summed E-state index contributed by atoms with van der Waals surface area (Å²) in [7, 11) is 1.95. The molecule has 1 aliphatic heterocycles. The average molecular weight is 280 g/mol. The number of anilines is 3. The van der Waals surface area contributed by atoms with Crippen LogP contribution in [0.15, 0.2) is 53.5 Å². The van der Waals surface area contributed by atoms with E-state index in [2.05, 4.69) is 47.1 Å². The van der Waals surface area contributed by atoms with Gasteiger partial charge in [-0.1, -0.05) is 24.3 Å². The Bertz CT molecular complexity index is 663. The van der Waals surface area contributed by atoms with E-state index in [4.69, 9.17) is 4.99 Å². The molecular formula is C17H20N4. The second-order valence-electron chi connectivity index (χ2n) is 5.22. The van der Waals surface area contributed by atoms with Gasteiger partial charge in [-0.3, -0.25) is 4.99 Å². The molecule has 4 nitrogen and oxygen atoms in total. The SMILES string of the molecule is CNC(C)CN=C1Nc2ccccc2Nc2ccccc21. The molecule has 0 radical (unpaired) electrons. The number of benzene rings is 2. The molecule has 0 amide bonds. The molecule has 0 spiro atoms. The van der Waals surface area contributed by atoms with Crippen LogP contribution in [0, 0.1) is 0 Å². The molecule has 0 fully saturated rings. The third-order valence-corrected chi connectivity index (χ3v) is 3.65. The molecule has 1 heterocycles. The lowest BCUT2D eigenvalue weighted by molar-refractivity contribution is 0.623. The van der Waals surface area contributed by atoms with Crippen LogP contribution in [0.5, 0.6) is 0 Å². The van der Waals surface area contributed by atoms with Crippen molar-refractivity contribution in [3.05, 3.63) is 54.1 Å². The van der Waals surface area contributed by atoms with Crippen molar-refractivity contribution in [2.75, 3.05) is 24.2 Å². The maximum Gasteiger partial charge on any atom is 0.134 e. The number of nitrogens with zero attached hydrogens (tertiary/aromatic N) is 1. The fraction of sp³-hybridized carbons (Fsp3) is 0.235. The van der Waals surface area contributed by atoms with E-state index >= 15 is 0 Å². The number of para-hydroxylation sites is 3. The van der Waals surface area contributed by atoms with Gasteiger partial charge in [-0.2, -0.15) is 0 Å². The molecule has 0 bridgehead atoms. The van der Waals surface area contributed by atoms with Gasteiger partial charge >= 0.3 is 0 Å². The van der Waals surface area contributed by atoms with Gasteiger partial charge in [0.25, 0.3) is 0 Å². The predicted molar refractivity (Wildman–Crippen MR) is 89.7 cm³/mol. The second kappa shape index (κ2) is 5.97. The van der Waals surface area contributed by atoms with Crippen molar-refractivity contribution in [3.8, 4) is 0 Å². The highest BCUT2D eigenvalue weighted by Gasteiger charge is 2.16. The first-order valence-corrected chi connectivity index (χ1v) is 7.22. The van der Waals surface area contributed by atoms with Crippen LogP contribution in [-0.4, -0.2) is 25.5 Å². The first kappa shape index (κ1) is 13.6. The number of likely N-dealkylation sites (N-methyl/N-ethyl adjacent to an activating group) is 1. The van der Waals surface area contributed by atoms with Crippen molar-refractivity contribution in [2.24, 2.45) is 4.99 Å². The molecule has 2 aromatic carbocycles. The average Bonchev–Trinajstić information content (AvgIpc) is 2.68. The molecule has 21 heavy (non-hydrogen) atoms. The van der Waals surface area contributed by atoms with E-state index in [1.165, 1.54) is 0 Å². The largest absolute Gasteiger partial charge is 0.353 e. The lowest BCUT2D eigenvalue weighted by atomic mass is 10.1. The molecule has 0 saturated carbocycles. The number of fused-ring (bicyclic) bond motifs is 2. The summed E-state index contributed by atoms with van der Waals surface area (Å²) in [5.41, 5.74) is 4.28. The van der Waals surface area contributed by atoms with Gasteiger partial charge in [0.15, 0.2) is 0 Å². The standard InChI is InChI=1S/C17H20N4/c1-12(18-2)11-19-17-13-7-3-4-8-14(13)20-15-9-5-6-10-16(15)21-17/h3-10,12,18,20H,11H2,1-2H3,(H,19,21). The maximum absolute atomic E-state index is 4.76. The zero-order valence-corrected chi connectivity index (χ0v) is 12.4. The van der Waals surface area contributed by atoms with E-state index < -0.39 is 0 Å². The number of amidine groups is 1. The molecule has 3 rings (SSSR count). The Kier molecular flexibility index (Phi) is 3.88. The number of hydrogen-bond donors (Lipinski definition) is 3. The quantitative estimate of drug-likeness (QED) is 0.809. The highest BCUT2D eigenvalue weighted by atomic mass is 15.1. The van der Waals surface area contributed by atoms with Crippen LogP contribution in [0.25, 0.3) is 0 Å². The highest BCUT2D eigenvalue weighted by Crippen LogP contribution is 2.31. The van der Waals surface area contributed by atoms with Crippen molar-refractivity contribution < 1.29 is 0 Å². The molecular weight excluding hydrogens is 260 g/mol. The van der Waals surface area contributed by atoms with Crippen LogP contribution in [0.4, 0.5) is 17.1 Å². The highest BCUT2D eigenvalue weighted by molar-refractivity contribution is 6.15. The summed E-state index contributed by atoms with van der Waals surface area (Å²) in [6.07, 6.45) is 0. The molecule has 4 heteroatoms. The van der Waals surface area contributed by atoms with E-state index in [1.807, 2.05) is 31.3 Å². The number of hydrogen-bond acceptors (Lipinski definition) is 3. The Hall–Kier alpha value is -2.33. The van der Waals surface area contributed by atoms with E-state index in [9.17, 15) is 0 Å². The monoisotopic (exact) mass is 280 g/mol. The minimum Gasteiger partial charge on any atom is -0.353 e. The molecule has 3 N–H and O–H groups in total. The third-order valence-electron chi connectivity index (χ3n) is 3.65. The van der Waals surface area contributed by atoms with Gasteiger partial charge in [0.05, 0.1) is 17.9 Å². The van der Waals surface area contributed by atoms with Crippen LogP contribution in [0.3, 0.4) is 0 Å². The van der Waals surface area contributed by atoms with Crippen LogP contribution in [0.1, 0.15) is 12.5 Å². The lowest BCUT2D eigenvalue weighted by Gasteiger charge is -2.11. The molecule has 1 unspecified atom stereocenters. The Morgan fingerprint density at radius 1 is 0.952 bits per heavy atom. The third kappa shape index (κ3) is 2.90. The Labute approximate surface area is 125 Å². The molecule has 108 valence electrons. The van der Waals surface area contributed by atoms with Crippen LogP contribution in [0.2, 0.25) is 0 Å². The summed E-state index contributed by atoms with van der Waals surface area (Å²) in [5.74, 6) is 0.908. The van der Waals surface area contributed by atoms with Crippen molar-refractivity contribution in [3.63, 3.8) is 0 Å². The summed E-state index contributed by atoms with van der Waals surface area (Å²) < 4.78 is 0. The van der Waals surface area contributed by atoms with Gasteiger partial charge < -0.3 is 16.0 Å². The lowest BCUT2D eigenvalue weighted by Crippen LogP contribution is -2.26. The normalized spacial score (nSPS) is 16.2. The van der Waals surface area contributed by atoms with Crippen molar-refractivity contribution >= 4 is 22.9 Å². The van der Waals surface area contributed by atoms with Gasteiger partial charge in [-0.15, -0.1) is 0 Å². The van der Waals surface area contributed by atoms with Crippen LogP contribution >= 0.6 is 0 Å². The maximum atomic E-state index is 4.76. The molecule has 2 aromatic rings. The van der Waals surface area contributed by atoms with Gasteiger partial charge in [0, 0.05) is 17.3 Å². The number of nitrogens with one attached hydrogen (secondary N) is 3. The molecule has 0 saturated heterocycles. The van der Waals surface area contributed by atoms with Crippen molar-refractivity contribution in [2.45, 2.75) is 13.0 Å². The van der Waals surface area contributed by atoms with Gasteiger partial charge in [-0.05, 0) is 38.2 Å². The zero-order valence-electron chi connectivity index (χ0n) is 12.4. The molecule has 1 atom stereocenters. The molecule has 0 aliphatic carbocycles. The Morgan fingerprint density at radius 2 is 1.57 bits per heavy atom. The predicted octanol–water partition coefficient (Wildman–Crippen LogP) is 3.21. The number of aliphatic imine (C=N–C) groups is 1. The Morgan fingerprint density at radius 3 is 2.29 bits per heavy atom. The zero-order chi connectivity index (χ0) is 14.7. The van der Waals surface area contributed by atoms with Gasteiger partial charge in [-0.25, -0.2) is 0 Å². The van der Waals surface area contributed by atoms with Crippen LogP contribution in [-0.2, 0) is 0 Å². The summed E-state index contributed by atoms with van der Waals surface area (Å²) in [6, 6.07) is 16.8. The molecule has 0 aromatic heterocycles.